The van der Waals surface area contributed by atoms with Crippen molar-refractivity contribution in [2.45, 2.75) is 66.2 Å². The van der Waals surface area contributed by atoms with Gasteiger partial charge in [0.15, 0.2) is 0 Å². The second kappa shape index (κ2) is 5.86. The summed E-state index contributed by atoms with van der Waals surface area (Å²) in [6, 6.07) is 0. The predicted octanol–water partition coefficient (Wildman–Crippen LogP) is 4.31. The smallest absolute Gasteiger partial charge is 0.0433 e. The minimum atomic E-state index is 0.336. The molecule has 1 nitrogen and oxygen atoms in total. The summed E-state index contributed by atoms with van der Waals surface area (Å²) >= 11 is 0. The Hall–Kier alpha value is -0.300. The molecule has 0 saturated heterocycles. The molecule has 0 bridgehead atoms. The lowest BCUT2D eigenvalue weighted by atomic mass is 9.70. The van der Waals surface area contributed by atoms with Crippen molar-refractivity contribution in [3.05, 3.63) is 11.1 Å². The standard InChI is InChI=1S/C15H28O/c1-12(9-11-16)7-8-14-13(2)6-5-10-15(14,3)4/h12,16H,5-11H2,1-4H3. The molecule has 0 aromatic heterocycles. The molecule has 94 valence electrons. The second-order valence-corrected chi connectivity index (χ2v) is 6.15. The number of allylic oxidation sites excluding steroid dienone is 2. The third-order valence-electron chi connectivity index (χ3n) is 4.19. The summed E-state index contributed by atoms with van der Waals surface area (Å²) in [5, 5.41) is 8.92. The summed E-state index contributed by atoms with van der Waals surface area (Å²) in [4.78, 5) is 0. The van der Waals surface area contributed by atoms with Gasteiger partial charge in [-0.3, -0.25) is 0 Å². The SMILES string of the molecule is CC1=C(CCC(C)CCO)C(C)(C)CCC1. The molecule has 0 spiro atoms. The van der Waals surface area contributed by atoms with E-state index in [1.807, 2.05) is 0 Å². The minimum absolute atomic E-state index is 0.336. The van der Waals surface area contributed by atoms with Crippen molar-refractivity contribution in [2.75, 3.05) is 6.61 Å². The van der Waals surface area contributed by atoms with Crippen LogP contribution in [0.4, 0.5) is 0 Å². The molecule has 0 aliphatic heterocycles. The molecule has 0 radical (unpaired) electrons. The number of aliphatic hydroxyl groups excluding tert-OH is 1. The van der Waals surface area contributed by atoms with E-state index in [9.17, 15) is 0 Å². The molecule has 16 heavy (non-hydrogen) atoms. The third kappa shape index (κ3) is 3.62. The van der Waals surface area contributed by atoms with Gasteiger partial charge in [0, 0.05) is 6.61 Å². The Balaban J connectivity index is 2.56. The van der Waals surface area contributed by atoms with E-state index in [4.69, 9.17) is 5.11 Å². The van der Waals surface area contributed by atoms with Gasteiger partial charge in [-0.1, -0.05) is 31.9 Å². The van der Waals surface area contributed by atoms with Gasteiger partial charge in [0.25, 0.3) is 0 Å². The second-order valence-electron chi connectivity index (χ2n) is 6.15. The fourth-order valence-electron chi connectivity index (χ4n) is 2.98. The Bertz CT molecular complexity index is 250. The molecule has 0 heterocycles. The monoisotopic (exact) mass is 224 g/mol. The quantitative estimate of drug-likeness (QED) is 0.690. The number of aliphatic hydroxyl groups is 1. The van der Waals surface area contributed by atoms with Gasteiger partial charge in [-0.2, -0.15) is 0 Å². The van der Waals surface area contributed by atoms with Gasteiger partial charge < -0.3 is 5.11 Å². The van der Waals surface area contributed by atoms with Gasteiger partial charge in [0.2, 0.25) is 0 Å². The molecule has 1 unspecified atom stereocenters. The van der Waals surface area contributed by atoms with Gasteiger partial charge in [-0.05, 0) is 56.8 Å². The zero-order valence-electron chi connectivity index (χ0n) is 11.5. The van der Waals surface area contributed by atoms with Crippen molar-refractivity contribution in [3.8, 4) is 0 Å². The number of hydrogen-bond acceptors (Lipinski definition) is 1. The van der Waals surface area contributed by atoms with E-state index in [0.717, 1.165) is 6.42 Å². The number of hydrogen-bond donors (Lipinski definition) is 1. The van der Waals surface area contributed by atoms with Gasteiger partial charge in [-0.25, -0.2) is 0 Å². The Morgan fingerprint density at radius 2 is 2.00 bits per heavy atom. The highest BCUT2D eigenvalue weighted by Gasteiger charge is 2.27. The lowest BCUT2D eigenvalue weighted by Crippen LogP contribution is -2.21. The molecule has 1 aliphatic rings. The van der Waals surface area contributed by atoms with Crippen LogP contribution >= 0.6 is 0 Å². The van der Waals surface area contributed by atoms with Crippen LogP contribution in [0.25, 0.3) is 0 Å². The fourth-order valence-corrected chi connectivity index (χ4v) is 2.98. The van der Waals surface area contributed by atoms with Crippen molar-refractivity contribution in [3.63, 3.8) is 0 Å². The van der Waals surface area contributed by atoms with Crippen molar-refractivity contribution < 1.29 is 5.11 Å². The van der Waals surface area contributed by atoms with Crippen molar-refractivity contribution in [2.24, 2.45) is 11.3 Å². The van der Waals surface area contributed by atoms with E-state index in [-0.39, 0.29) is 0 Å². The minimum Gasteiger partial charge on any atom is -0.396 e. The first-order chi connectivity index (χ1) is 7.47. The van der Waals surface area contributed by atoms with Crippen molar-refractivity contribution >= 4 is 0 Å². The fraction of sp³-hybridized carbons (Fsp3) is 0.867. The Morgan fingerprint density at radius 3 is 2.56 bits per heavy atom. The molecule has 0 amide bonds. The molecule has 1 atom stereocenters. The maximum absolute atomic E-state index is 8.92. The van der Waals surface area contributed by atoms with E-state index < -0.39 is 0 Å². The van der Waals surface area contributed by atoms with Crippen LogP contribution in [0, 0.1) is 11.3 Å². The molecule has 1 rings (SSSR count). The Kier molecular flexibility index (Phi) is 5.04. The molecule has 0 fully saturated rings. The topological polar surface area (TPSA) is 20.2 Å². The van der Waals surface area contributed by atoms with E-state index in [1.54, 1.807) is 11.1 Å². The molecule has 1 N–H and O–H groups in total. The largest absolute Gasteiger partial charge is 0.396 e. The summed E-state index contributed by atoms with van der Waals surface area (Å²) in [6.07, 6.45) is 7.42. The molecule has 0 aromatic rings. The average molecular weight is 224 g/mol. The van der Waals surface area contributed by atoms with Crippen LogP contribution in [-0.4, -0.2) is 11.7 Å². The van der Waals surface area contributed by atoms with Gasteiger partial charge in [0.1, 0.15) is 0 Å². The molecule has 1 aliphatic carbocycles. The zero-order valence-corrected chi connectivity index (χ0v) is 11.5. The maximum atomic E-state index is 8.92. The highest BCUT2D eigenvalue weighted by molar-refractivity contribution is 5.22. The van der Waals surface area contributed by atoms with Gasteiger partial charge in [0.05, 0.1) is 0 Å². The average Bonchev–Trinajstić information content (AvgIpc) is 2.16. The highest BCUT2D eigenvalue weighted by atomic mass is 16.3. The third-order valence-corrected chi connectivity index (χ3v) is 4.19. The van der Waals surface area contributed by atoms with Crippen LogP contribution in [0.1, 0.15) is 66.2 Å². The van der Waals surface area contributed by atoms with Crippen LogP contribution in [0.2, 0.25) is 0 Å². The predicted molar refractivity (Wildman–Crippen MR) is 70.4 cm³/mol. The first kappa shape index (κ1) is 13.8. The first-order valence-corrected chi connectivity index (χ1v) is 6.77. The molecule has 0 aromatic carbocycles. The highest BCUT2D eigenvalue weighted by Crippen LogP contribution is 2.42. The van der Waals surface area contributed by atoms with E-state index >= 15 is 0 Å². The molecule has 0 saturated carbocycles. The lowest BCUT2D eigenvalue weighted by molar-refractivity contribution is 0.255. The normalized spacial score (nSPS) is 22.3. The van der Waals surface area contributed by atoms with Crippen LogP contribution in [0.3, 0.4) is 0 Å². The van der Waals surface area contributed by atoms with E-state index in [1.165, 1.54) is 32.1 Å². The van der Waals surface area contributed by atoms with Crippen molar-refractivity contribution in [1.29, 1.82) is 0 Å². The Labute approximate surface area is 101 Å². The van der Waals surface area contributed by atoms with E-state index in [2.05, 4.69) is 27.7 Å². The summed E-state index contributed by atoms with van der Waals surface area (Å²) in [7, 11) is 0. The van der Waals surface area contributed by atoms with Crippen LogP contribution in [0.15, 0.2) is 11.1 Å². The first-order valence-electron chi connectivity index (χ1n) is 6.77. The summed E-state index contributed by atoms with van der Waals surface area (Å²) in [5.41, 5.74) is 3.75. The maximum Gasteiger partial charge on any atom is 0.0433 e. The summed E-state index contributed by atoms with van der Waals surface area (Å²) in [6.45, 7) is 9.68. The van der Waals surface area contributed by atoms with Gasteiger partial charge >= 0.3 is 0 Å². The summed E-state index contributed by atoms with van der Waals surface area (Å²) in [5.74, 6) is 0.656. The zero-order chi connectivity index (χ0) is 12.2. The van der Waals surface area contributed by atoms with Crippen molar-refractivity contribution in [1.82, 2.24) is 0 Å². The molecular formula is C15H28O. The van der Waals surface area contributed by atoms with Crippen LogP contribution in [-0.2, 0) is 0 Å². The van der Waals surface area contributed by atoms with Crippen LogP contribution < -0.4 is 0 Å². The van der Waals surface area contributed by atoms with E-state index in [0.29, 0.717) is 17.9 Å². The summed E-state index contributed by atoms with van der Waals surface area (Å²) < 4.78 is 0. The molecule has 1 heteroatoms. The molecular weight excluding hydrogens is 196 g/mol. The van der Waals surface area contributed by atoms with Gasteiger partial charge in [-0.15, -0.1) is 0 Å². The Morgan fingerprint density at radius 1 is 1.31 bits per heavy atom. The van der Waals surface area contributed by atoms with Crippen LogP contribution in [0.5, 0.6) is 0 Å². The lowest BCUT2D eigenvalue weighted by Gasteiger charge is -2.35. The number of rotatable bonds is 5.